The highest BCUT2D eigenvalue weighted by molar-refractivity contribution is 7.15. The molecule has 0 fully saturated rings. The van der Waals surface area contributed by atoms with Crippen LogP contribution in [0.3, 0.4) is 0 Å². The van der Waals surface area contributed by atoms with Gasteiger partial charge in [0, 0.05) is 0 Å². The molecule has 0 aliphatic rings. The molecule has 5 rings (SSSR count). The van der Waals surface area contributed by atoms with Crippen LogP contribution in [-0.4, -0.2) is 16.0 Å². The van der Waals surface area contributed by atoms with Crippen molar-refractivity contribution in [3.8, 4) is 11.5 Å². The Morgan fingerprint density at radius 3 is 2.62 bits per heavy atom. The van der Waals surface area contributed by atoms with E-state index in [-0.39, 0.29) is 11.7 Å². The van der Waals surface area contributed by atoms with Crippen LogP contribution in [0.5, 0.6) is 11.5 Å². The number of para-hydroxylation sites is 2. The summed E-state index contributed by atoms with van der Waals surface area (Å²) in [6, 6.07) is 23.5. The maximum absolute atomic E-state index is 13.0. The first-order chi connectivity index (χ1) is 15.6. The molecule has 5 aromatic rings. The van der Waals surface area contributed by atoms with Gasteiger partial charge in [0.1, 0.15) is 6.10 Å². The molecule has 0 N–H and O–H groups in total. The summed E-state index contributed by atoms with van der Waals surface area (Å²) in [6.45, 7) is 4.47. The zero-order valence-corrected chi connectivity index (χ0v) is 18.6. The molecule has 0 unspecified atom stereocenters. The van der Waals surface area contributed by atoms with Gasteiger partial charge >= 0.3 is 0 Å². The number of rotatable bonds is 6. The molecular formula is C26H22N2O3S. The van der Waals surface area contributed by atoms with Crippen molar-refractivity contribution < 1.29 is 9.47 Å². The van der Waals surface area contributed by atoms with Gasteiger partial charge in [0.2, 0.25) is 0 Å². The zero-order valence-electron chi connectivity index (χ0n) is 17.8. The smallest absolute Gasteiger partial charge is 0.274 e. The SMILES string of the molecule is CCOc1cc(/C=c2\sc3nc4ccccc4n3c2=O)ccc1O[C@@H](C)c1ccccc1. The summed E-state index contributed by atoms with van der Waals surface area (Å²) in [5.74, 6) is 1.33. The molecule has 0 spiro atoms. The predicted molar refractivity (Wildman–Crippen MR) is 129 cm³/mol. The molecule has 0 aliphatic carbocycles. The van der Waals surface area contributed by atoms with Crippen LogP contribution in [0.2, 0.25) is 0 Å². The highest BCUT2D eigenvalue weighted by atomic mass is 32.1. The van der Waals surface area contributed by atoms with Gasteiger partial charge in [-0.25, -0.2) is 9.38 Å². The van der Waals surface area contributed by atoms with Crippen LogP contribution < -0.4 is 19.6 Å². The van der Waals surface area contributed by atoms with E-state index in [1.165, 1.54) is 11.3 Å². The highest BCUT2D eigenvalue weighted by Crippen LogP contribution is 2.32. The van der Waals surface area contributed by atoms with Crippen LogP contribution in [0.15, 0.2) is 77.6 Å². The summed E-state index contributed by atoms with van der Waals surface area (Å²) >= 11 is 1.39. The molecule has 2 heterocycles. The van der Waals surface area contributed by atoms with E-state index >= 15 is 0 Å². The summed E-state index contributed by atoms with van der Waals surface area (Å²) < 4.78 is 14.3. The number of thiazole rings is 1. The Hall–Kier alpha value is -3.64. The number of imidazole rings is 1. The third-order valence-electron chi connectivity index (χ3n) is 5.28. The minimum atomic E-state index is -0.114. The van der Waals surface area contributed by atoms with E-state index in [4.69, 9.17) is 9.47 Å². The molecule has 3 aromatic carbocycles. The molecule has 0 saturated heterocycles. The van der Waals surface area contributed by atoms with Crippen molar-refractivity contribution in [2.75, 3.05) is 6.61 Å². The van der Waals surface area contributed by atoms with Gasteiger partial charge in [0.15, 0.2) is 16.5 Å². The van der Waals surface area contributed by atoms with Crippen molar-refractivity contribution in [1.82, 2.24) is 9.38 Å². The van der Waals surface area contributed by atoms with Crippen molar-refractivity contribution in [2.45, 2.75) is 20.0 Å². The van der Waals surface area contributed by atoms with Gasteiger partial charge in [-0.1, -0.05) is 59.9 Å². The lowest BCUT2D eigenvalue weighted by Gasteiger charge is -2.18. The molecule has 5 nitrogen and oxygen atoms in total. The molecule has 1 atom stereocenters. The molecular weight excluding hydrogens is 420 g/mol. The second kappa shape index (κ2) is 8.48. The maximum Gasteiger partial charge on any atom is 0.274 e. The predicted octanol–water partition coefficient (Wildman–Crippen LogP) is 5.00. The summed E-state index contributed by atoms with van der Waals surface area (Å²) in [5, 5.41) is 0. The minimum Gasteiger partial charge on any atom is -0.490 e. The van der Waals surface area contributed by atoms with Crippen LogP contribution in [-0.2, 0) is 0 Å². The van der Waals surface area contributed by atoms with Crippen molar-refractivity contribution >= 4 is 33.4 Å². The van der Waals surface area contributed by atoms with Gasteiger partial charge < -0.3 is 9.47 Å². The summed E-state index contributed by atoms with van der Waals surface area (Å²) in [6.07, 6.45) is 1.76. The lowest BCUT2D eigenvalue weighted by Crippen LogP contribution is -2.22. The Kier molecular flexibility index (Phi) is 5.37. The Labute approximate surface area is 189 Å². The first kappa shape index (κ1) is 20.3. The number of benzene rings is 3. The molecule has 0 aliphatic heterocycles. The van der Waals surface area contributed by atoms with Crippen LogP contribution in [0.1, 0.15) is 31.1 Å². The monoisotopic (exact) mass is 442 g/mol. The molecule has 0 radical (unpaired) electrons. The number of hydrogen-bond acceptors (Lipinski definition) is 5. The van der Waals surface area contributed by atoms with Crippen LogP contribution in [0.4, 0.5) is 0 Å². The summed E-state index contributed by atoms with van der Waals surface area (Å²) in [5.41, 5.74) is 3.57. The van der Waals surface area contributed by atoms with Crippen LogP contribution >= 0.6 is 11.3 Å². The second-order valence-electron chi connectivity index (χ2n) is 7.44. The largest absolute Gasteiger partial charge is 0.490 e. The molecule has 0 saturated carbocycles. The van der Waals surface area contributed by atoms with E-state index in [9.17, 15) is 4.79 Å². The maximum atomic E-state index is 13.0. The van der Waals surface area contributed by atoms with Crippen LogP contribution in [0, 0.1) is 0 Å². The lowest BCUT2D eigenvalue weighted by atomic mass is 10.1. The Bertz CT molecular complexity index is 1510. The fourth-order valence-electron chi connectivity index (χ4n) is 3.73. The fraction of sp³-hybridized carbons (Fsp3) is 0.154. The fourth-order valence-corrected chi connectivity index (χ4v) is 4.71. The standard InChI is InChI=1S/C26H22N2O3S/c1-3-30-23-15-18(13-14-22(23)31-17(2)19-9-5-4-6-10-19)16-24-25(29)28-21-12-8-7-11-20(21)27-26(28)32-24/h4-17H,3H2,1-2H3/b24-16-/t17-/m0/s1. The van der Waals surface area contributed by atoms with Crippen molar-refractivity contribution in [3.05, 3.63) is 98.8 Å². The molecule has 160 valence electrons. The summed E-state index contributed by atoms with van der Waals surface area (Å²) in [7, 11) is 0. The molecule has 6 heteroatoms. The first-order valence-corrected chi connectivity index (χ1v) is 11.4. The average Bonchev–Trinajstić information content (AvgIpc) is 3.32. The van der Waals surface area contributed by atoms with E-state index < -0.39 is 0 Å². The van der Waals surface area contributed by atoms with Crippen molar-refractivity contribution in [3.63, 3.8) is 0 Å². The quantitative estimate of drug-likeness (QED) is 0.372. The second-order valence-corrected chi connectivity index (χ2v) is 8.45. The Balaban J connectivity index is 1.51. The molecule has 32 heavy (non-hydrogen) atoms. The van der Waals surface area contributed by atoms with Crippen LogP contribution in [0.25, 0.3) is 22.1 Å². The Morgan fingerprint density at radius 1 is 1.03 bits per heavy atom. The highest BCUT2D eigenvalue weighted by Gasteiger charge is 2.13. The van der Waals surface area contributed by atoms with Gasteiger partial charge in [-0.3, -0.25) is 4.79 Å². The number of ether oxygens (including phenoxy) is 2. The van der Waals surface area contributed by atoms with Gasteiger partial charge in [-0.05, 0) is 55.3 Å². The number of aromatic nitrogens is 2. The zero-order chi connectivity index (χ0) is 22.1. The van der Waals surface area contributed by atoms with Gasteiger partial charge in [-0.2, -0.15) is 0 Å². The van der Waals surface area contributed by atoms with E-state index in [0.717, 1.165) is 22.2 Å². The van der Waals surface area contributed by atoms with E-state index in [2.05, 4.69) is 4.98 Å². The normalized spacial score (nSPS) is 13.0. The van der Waals surface area contributed by atoms with Crippen molar-refractivity contribution in [1.29, 1.82) is 0 Å². The Morgan fingerprint density at radius 2 is 1.81 bits per heavy atom. The number of nitrogens with zero attached hydrogens (tertiary/aromatic N) is 2. The number of hydrogen-bond donors (Lipinski definition) is 0. The van der Waals surface area contributed by atoms with Gasteiger partial charge in [-0.15, -0.1) is 0 Å². The van der Waals surface area contributed by atoms with E-state index in [1.807, 2.05) is 92.7 Å². The first-order valence-electron chi connectivity index (χ1n) is 10.5. The third-order valence-corrected chi connectivity index (χ3v) is 6.25. The molecule has 2 aromatic heterocycles. The van der Waals surface area contributed by atoms with E-state index in [0.29, 0.717) is 27.6 Å². The van der Waals surface area contributed by atoms with Gasteiger partial charge in [0.25, 0.3) is 5.56 Å². The molecule has 0 amide bonds. The van der Waals surface area contributed by atoms with E-state index in [1.54, 1.807) is 4.40 Å². The topological polar surface area (TPSA) is 52.8 Å². The number of fused-ring (bicyclic) bond motifs is 3. The molecule has 0 bridgehead atoms. The van der Waals surface area contributed by atoms with Gasteiger partial charge in [0.05, 0.1) is 22.2 Å². The third kappa shape index (κ3) is 3.74. The lowest BCUT2D eigenvalue weighted by molar-refractivity contribution is 0.211. The van der Waals surface area contributed by atoms with Crippen molar-refractivity contribution in [2.24, 2.45) is 0 Å². The minimum absolute atomic E-state index is 0.0605. The summed E-state index contributed by atoms with van der Waals surface area (Å²) in [4.78, 5) is 18.3. The average molecular weight is 443 g/mol.